The second-order valence-electron chi connectivity index (χ2n) is 7.31. The van der Waals surface area contributed by atoms with Crippen LogP contribution in [0.5, 0.6) is 0 Å². The molecule has 2 aromatic heterocycles. The van der Waals surface area contributed by atoms with E-state index in [1.807, 2.05) is 60.3 Å². The van der Waals surface area contributed by atoms with Gasteiger partial charge in [0.25, 0.3) is 5.91 Å². The van der Waals surface area contributed by atoms with E-state index in [9.17, 15) is 4.79 Å². The van der Waals surface area contributed by atoms with Crippen molar-refractivity contribution < 1.29 is 4.79 Å². The van der Waals surface area contributed by atoms with Crippen LogP contribution >= 0.6 is 0 Å². The minimum Gasteiger partial charge on any atom is -0.317 e. The Morgan fingerprint density at radius 3 is 2.76 bits per heavy atom. The van der Waals surface area contributed by atoms with Crippen LogP contribution in [0.1, 0.15) is 27.8 Å². The molecule has 4 aromatic rings. The lowest BCUT2D eigenvalue weighted by Crippen LogP contribution is -2.44. The number of hydrogen-bond acceptors (Lipinski definition) is 4. The van der Waals surface area contributed by atoms with Gasteiger partial charge < -0.3 is 10.6 Å². The Morgan fingerprint density at radius 2 is 1.93 bits per heavy atom. The Balaban J connectivity index is 1.49. The van der Waals surface area contributed by atoms with Gasteiger partial charge in [-0.25, -0.2) is 0 Å². The fourth-order valence-electron chi connectivity index (χ4n) is 4.15. The first-order chi connectivity index (χ1) is 14.1. The first-order valence-electron chi connectivity index (χ1n) is 9.66. The highest BCUT2D eigenvalue weighted by Gasteiger charge is 2.33. The summed E-state index contributed by atoms with van der Waals surface area (Å²) < 4.78 is 1.87. The van der Waals surface area contributed by atoms with Crippen molar-refractivity contribution in [3.63, 3.8) is 0 Å². The van der Waals surface area contributed by atoms with Gasteiger partial charge in [-0.15, -0.1) is 0 Å². The zero-order chi connectivity index (χ0) is 20.0. The van der Waals surface area contributed by atoms with Gasteiger partial charge in [-0.1, -0.05) is 36.4 Å². The molecular weight excluding hydrogens is 362 g/mol. The molecule has 0 saturated heterocycles. The summed E-state index contributed by atoms with van der Waals surface area (Å²) in [5.41, 5.74) is 12.1. The first-order valence-corrected chi connectivity index (χ1v) is 9.66. The third-order valence-electron chi connectivity index (χ3n) is 5.55. The fraction of sp³-hybridized carbons (Fsp3) is 0.174. The molecule has 6 heteroatoms. The van der Waals surface area contributed by atoms with E-state index in [-0.39, 0.29) is 5.91 Å². The lowest BCUT2D eigenvalue weighted by molar-refractivity contribution is 0.0662. The third kappa shape index (κ3) is 2.89. The molecule has 0 radical (unpaired) electrons. The number of rotatable bonds is 2. The molecule has 0 bridgehead atoms. The highest BCUT2D eigenvalue weighted by molar-refractivity contribution is 5.98. The normalized spacial score (nSPS) is 16.1. The zero-order valence-corrected chi connectivity index (χ0v) is 16.1. The van der Waals surface area contributed by atoms with E-state index in [1.54, 1.807) is 11.1 Å². The van der Waals surface area contributed by atoms with Crippen molar-refractivity contribution in [2.75, 3.05) is 6.54 Å². The van der Waals surface area contributed by atoms with E-state index in [0.717, 1.165) is 39.8 Å². The van der Waals surface area contributed by atoms with E-state index in [4.69, 9.17) is 5.73 Å². The van der Waals surface area contributed by atoms with Crippen LogP contribution in [-0.4, -0.2) is 32.1 Å². The summed E-state index contributed by atoms with van der Waals surface area (Å²) in [7, 11) is 1.93. The van der Waals surface area contributed by atoms with Crippen LogP contribution in [0.3, 0.4) is 0 Å². The average molecular weight is 383 g/mol. The van der Waals surface area contributed by atoms with E-state index in [1.165, 1.54) is 0 Å². The topological polar surface area (TPSA) is 77.0 Å². The summed E-state index contributed by atoms with van der Waals surface area (Å²) >= 11 is 0. The summed E-state index contributed by atoms with van der Waals surface area (Å²) in [6.07, 6.45) is 1.90. The van der Waals surface area contributed by atoms with E-state index in [0.29, 0.717) is 12.1 Å². The summed E-state index contributed by atoms with van der Waals surface area (Å²) in [4.78, 5) is 19.2. The molecule has 2 N–H and O–H groups in total. The summed E-state index contributed by atoms with van der Waals surface area (Å²) in [6.45, 7) is 0.559. The Hall–Kier alpha value is -3.51. The quantitative estimate of drug-likeness (QED) is 0.576. The number of benzene rings is 2. The van der Waals surface area contributed by atoms with Gasteiger partial charge in [-0.2, -0.15) is 5.10 Å². The molecule has 0 aliphatic carbocycles. The molecule has 29 heavy (non-hydrogen) atoms. The monoisotopic (exact) mass is 383 g/mol. The molecule has 1 atom stereocenters. The molecule has 1 aliphatic rings. The Kier molecular flexibility index (Phi) is 4.14. The summed E-state index contributed by atoms with van der Waals surface area (Å²) in [6, 6.07) is 19.6. The van der Waals surface area contributed by atoms with Gasteiger partial charge in [0.1, 0.15) is 11.9 Å². The zero-order valence-electron chi connectivity index (χ0n) is 16.1. The minimum atomic E-state index is -0.570. The number of nitrogens with two attached hydrogens (primary N) is 1. The van der Waals surface area contributed by atoms with Crippen LogP contribution in [-0.2, 0) is 13.5 Å². The van der Waals surface area contributed by atoms with E-state index in [2.05, 4.69) is 22.2 Å². The maximum absolute atomic E-state index is 13.2. The molecule has 3 heterocycles. The van der Waals surface area contributed by atoms with Crippen LogP contribution in [0.15, 0.2) is 66.9 Å². The van der Waals surface area contributed by atoms with Crippen LogP contribution in [0.2, 0.25) is 0 Å². The molecule has 1 aliphatic heterocycles. The number of fused-ring (bicyclic) bond motifs is 2. The molecule has 0 spiro atoms. The van der Waals surface area contributed by atoms with Crippen molar-refractivity contribution in [3.8, 4) is 11.3 Å². The van der Waals surface area contributed by atoms with Crippen LogP contribution in [0, 0.1) is 0 Å². The SMILES string of the molecule is Cn1nc2c(c1-c1ccccc1)CCN(C(=O)c1ccc3ncccc3c1)[C@H]2N. The fourth-order valence-corrected chi connectivity index (χ4v) is 4.15. The lowest BCUT2D eigenvalue weighted by Gasteiger charge is -2.32. The number of aromatic nitrogens is 3. The molecule has 1 amide bonds. The molecular formula is C23H21N5O. The molecule has 144 valence electrons. The Morgan fingerprint density at radius 1 is 1.10 bits per heavy atom. The molecule has 5 rings (SSSR count). The van der Waals surface area contributed by atoms with Gasteiger partial charge in [0.2, 0.25) is 0 Å². The van der Waals surface area contributed by atoms with Gasteiger partial charge in [0.05, 0.1) is 11.2 Å². The van der Waals surface area contributed by atoms with Crippen LogP contribution in [0.4, 0.5) is 0 Å². The molecule has 6 nitrogen and oxygen atoms in total. The third-order valence-corrected chi connectivity index (χ3v) is 5.55. The van der Waals surface area contributed by atoms with Crippen molar-refractivity contribution in [2.45, 2.75) is 12.6 Å². The van der Waals surface area contributed by atoms with Crippen molar-refractivity contribution in [3.05, 3.63) is 83.7 Å². The number of nitrogens with zero attached hydrogens (tertiary/aromatic N) is 4. The van der Waals surface area contributed by atoms with Crippen LogP contribution < -0.4 is 5.73 Å². The van der Waals surface area contributed by atoms with Gasteiger partial charge in [-0.05, 0) is 30.7 Å². The second kappa shape index (κ2) is 6.83. The van der Waals surface area contributed by atoms with Crippen molar-refractivity contribution in [1.82, 2.24) is 19.7 Å². The van der Waals surface area contributed by atoms with Gasteiger partial charge >= 0.3 is 0 Å². The van der Waals surface area contributed by atoms with Gasteiger partial charge in [0, 0.05) is 41.9 Å². The second-order valence-corrected chi connectivity index (χ2v) is 7.31. The maximum atomic E-state index is 13.2. The lowest BCUT2D eigenvalue weighted by atomic mass is 9.97. The molecule has 0 fully saturated rings. The minimum absolute atomic E-state index is 0.0826. The predicted octanol–water partition coefficient (Wildman–Crippen LogP) is 3.29. The first kappa shape index (κ1) is 17.6. The summed E-state index contributed by atoms with van der Waals surface area (Å²) in [5.74, 6) is -0.0826. The number of pyridine rings is 1. The van der Waals surface area contributed by atoms with Gasteiger partial charge in [0.15, 0.2) is 0 Å². The Labute approximate surface area is 168 Å². The summed E-state index contributed by atoms with van der Waals surface area (Å²) in [5, 5.41) is 5.61. The standard InChI is InChI=1S/C23H21N5O/c1-27-21(15-6-3-2-4-7-15)18-11-13-28(22(24)20(18)26-27)23(29)17-9-10-19-16(14-17)8-5-12-25-19/h2-10,12,14,22H,11,13,24H2,1H3/t22-/m1/s1. The molecule has 0 saturated carbocycles. The Bertz CT molecular complexity index is 1210. The van der Waals surface area contributed by atoms with Gasteiger partial charge in [-0.3, -0.25) is 14.5 Å². The van der Waals surface area contributed by atoms with Crippen molar-refractivity contribution in [1.29, 1.82) is 0 Å². The highest BCUT2D eigenvalue weighted by atomic mass is 16.2. The molecule has 0 unspecified atom stereocenters. The average Bonchev–Trinajstić information content (AvgIpc) is 3.10. The number of carbonyl (C=O) groups is 1. The maximum Gasteiger partial charge on any atom is 0.255 e. The van der Waals surface area contributed by atoms with E-state index < -0.39 is 6.17 Å². The number of carbonyl (C=O) groups excluding carboxylic acids is 1. The number of hydrogen-bond donors (Lipinski definition) is 1. The predicted molar refractivity (Wildman–Crippen MR) is 112 cm³/mol. The smallest absolute Gasteiger partial charge is 0.255 e. The molecule has 2 aromatic carbocycles. The largest absolute Gasteiger partial charge is 0.317 e. The van der Waals surface area contributed by atoms with E-state index >= 15 is 0 Å². The van der Waals surface area contributed by atoms with Crippen LogP contribution in [0.25, 0.3) is 22.2 Å². The number of amides is 1. The van der Waals surface area contributed by atoms with Crippen molar-refractivity contribution in [2.24, 2.45) is 12.8 Å². The van der Waals surface area contributed by atoms with Crippen molar-refractivity contribution >= 4 is 16.8 Å². The number of aryl methyl sites for hydroxylation is 1. The highest BCUT2D eigenvalue weighted by Crippen LogP contribution is 2.34.